The third-order valence-electron chi connectivity index (χ3n) is 2.83. The number of halogens is 1. The fourth-order valence-electron chi connectivity index (χ4n) is 1.83. The summed E-state index contributed by atoms with van der Waals surface area (Å²) in [6.45, 7) is 0.772. The zero-order chi connectivity index (χ0) is 10.1. The number of benzene rings is 1. The summed E-state index contributed by atoms with van der Waals surface area (Å²) in [6, 6.07) is 5.98. The van der Waals surface area contributed by atoms with Gasteiger partial charge in [0.25, 0.3) is 0 Å². The van der Waals surface area contributed by atoms with Gasteiger partial charge in [0.1, 0.15) is 5.75 Å². The van der Waals surface area contributed by atoms with E-state index in [1.165, 1.54) is 12.0 Å². The van der Waals surface area contributed by atoms with Gasteiger partial charge in [0.05, 0.1) is 12.1 Å². The fraction of sp³-hybridized carbons (Fsp3) is 0.455. The molecule has 2 atom stereocenters. The highest BCUT2D eigenvalue weighted by Gasteiger charge is 2.36. The van der Waals surface area contributed by atoms with E-state index in [9.17, 15) is 0 Å². The zero-order valence-electron chi connectivity index (χ0n) is 8.16. The van der Waals surface area contributed by atoms with E-state index in [2.05, 4.69) is 6.07 Å². The summed E-state index contributed by atoms with van der Waals surface area (Å²) in [5.74, 6) is 2.00. The van der Waals surface area contributed by atoms with Crippen LogP contribution in [0.2, 0.25) is 5.02 Å². The van der Waals surface area contributed by atoms with Crippen LogP contribution in [-0.4, -0.2) is 13.7 Å². The monoisotopic (exact) mass is 211 g/mol. The molecule has 0 aliphatic heterocycles. The van der Waals surface area contributed by atoms with Gasteiger partial charge >= 0.3 is 0 Å². The van der Waals surface area contributed by atoms with Crippen LogP contribution >= 0.6 is 11.6 Å². The first kappa shape index (κ1) is 9.81. The Bertz CT molecular complexity index is 340. The van der Waals surface area contributed by atoms with Crippen LogP contribution in [0, 0.1) is 5.92 Å². The van der Waals surface area contributed by atoms with Crippen molar-refractivity contribution < 1.29 is 4.74 Å². The number of methoxy groups -OCH3 is 1. The lowest BCUT2D eigenvalue weighted by molar-refractivity contribution is 0.415. The van der Waals surface area contributed by atoms with E-state index in [1.807, 2.05) is 12.1 Å². The first-order chi connectivity index (χ1) is 6.76. The third kappa shape index (κ3) is 1.72. The van der Waals surface area contributed by atoms with Crippen LogP contribution in [0.3, 0.4) is 0 Å². The quantitative estimate of drug-likeness (QED) is 0.834. The molecular formula is C11H14ClNO. The van der Waals surface area contributed by atoms with Crippen molar-refractivity contribution >= 4 is 11.6 Å². The van der Waals surface area contributed by atoms with Crippen LogP contribution in [0.4, 0.5) is 0 Å². The molecule has 0 radical (unpaired) electrons. The fourth-order valence-corrected chi connectivity index (χ4v) is 2.10. The molecule has 1 aromatic carbocycles. The molecule has 0 spiro atoms. The number of ether oxygens (including phenoxy) is 1. The van der Waals surface area contributed by atoms with Crippen LogP contribution in [0.25, 0.3) is 0 Å². The lowest BCUT2D eigenvalue weighted by Crippen LogP contribution is -2.01. The summed E-state index contributed by atoms with van der Waals surface area (Å²) in [5, 5.41) is 0.688. The molecule has 2 unspecified atom stereocenters. The second-order valence-electron chi connectivity index (χ2n) is 3.73. The Hall–Kier alpha value is -0.730. The minimum absolute atomic E-state index is 0.614. The Balaban J connectivity index is 2.17. The smallest absolute Gasteiger partial charge is 0.137 e. The summed E-state index contributed by atoms with van der Waals surface area (Å²) >= 11 is 6.04. The van der Waals surface area contributed by atoms with E-state index < -0.39 is 0 Å². The molecule has 1 saturated carbocycles. The van der Waals surface area contributed by atoms with E-state index in [0.717, 1.165) is 12.3 Å². The van der Waals surface area contributed by atoms with Crippen LogP contribution in [0.1, 0.15) is 17.9 Å². The predicted octanol–water partition coefficient (Wildman–Crippen LogP) is 2.41. The van der Waals surface area contributed by atoms with Crippen molar-refractivity contribution in [2.75, 3.05) is 13.7 Å². The van der Waals surface area contributed by atoms with Gasteiger partial charge in [-0.3, -0.25) is 0 Å². The van der Waals surface area contributed by atoms with Crippen molar-refractivity contribution in [2.45, 2.75) is 12.3 Å². The molecule has 2 nitrogen and oxygen atoms in total. The van der Waals surface area contributed by atoms with Crippen molar-refractivity contribution in [2.24, 2.45) is 11.7 Å². The third-order valence-corrected chi connectivity index (χ3v) is 3.12. The predicted molar refractivity (Wildman–Crippen MR) is 57.9 cm³/mol. The Kier molecular flexibility index (Phi) is 2.66. The Morgan fingerprint density at radius 2 is 2.36 bits per heavy atom. The Labute approximate surface area is 89.0 Å². The lowest BCUT2D eigenvalue weighted by atomic mass is 10.1. The van der Waals surface area contributed by atoms with Gasteiger partial charge in [-0.05, 0) is 42.5 Å². The van der Waals surface area contributed by atoms with Crippen molar-refractivity contribution in [3.05, 3.63) is 28.8 Å². The molecule has 2 rings (SSSR count). The molecule has 1 aliphatic rings. The number of nitrogens with two attached hydrogens (primary N) is 1. The zero-order valence-corrected chi connectivity index (χ0v) is 8.92. The molecule has 76 valence electrons. The summed E-state index contributed by atoms with van der Waals surface area (Å²) in [4.78, 5) is 0. The SMILES string of the molecule is COc1ccc(C2CC2CN)cc1Cl. The van der Waals surface area contributed by atoms with Crippen LogP contribution < -0.4 is 10.5 Å². The van der Waals surface area contributed by atoms with Gasteiger partial charge in [-0.15, -0.1) is 0 Å². The van der Waals surface area contributed by atoms with Gasteiger partial charge in [0, 0.05) is 0 Å². The maximum Gasteiger partial charge on any atom is 0.137 e. The second-order valence-corrected chi connectivity index (χ2v) is 4.14. The Morgan fingerprint density at radius 3 is 2.86 bits per heavy atom. The van der Waals surface area contributed by atoms with E-state index >= 15 is 0 Å². The molecule has 0 aromatic heterocycles. The topological polar surface area (TPSA) is 35.2 Å². The molecule has 0 heterocycles. The molecule has 14 heavy (non-hydrogen) atoms. The highest BCUT2D eigenvalue weighted by molar-refractivity contribution is 6.32. The van der Waals surface area contributed by atoms with Gasteiger partial charge < -0.3 is 10.5 Å². The number of hydrogen-bond acceptors (Lipinski definition) is 2. The van der Waals surface area contributed by atoms with E-state index in [1.54, 1.807) is 7.11 Å². The van der Waals surface area contributed by atoms with Gasteiger partial charge in [-0.2, -0.15) is 0 Å². The molecule has 1 fully saturated rings. The van der Waals surface area contributed by atoms with Crippen molar-refractivity contribution in [3.8, 4) is 5.75 Å². The number of hydrogen-bond donors (Lipinski definition) is 1. The van der Waals surface area contributed by atoms with Crippen molar-refractivity contribution in [1.29, 1.82) is 0 Å². The first-order valence-electron chi connectivity index (χ1n) is 4.79. The van der Waals surface area contributed by atoms with Gasteiger partial charge in [0.2, 0.25) is 0 Å². The summed E-state index contributed by atoms with van der Waals surface area (Å²) in [6.07, 6.45) is 1.19. The molecule has 0 amide bonds. The average Bonchev–Trinajstić information content (AvgIpc) is 2.96. The molecule has 0 bridgehead atoms. The summed E-state index contributed by atoms with van der Waals surface area (Å²) < 4.78 is 5.10. The van der Waals surface area contributed by atoms with Gasteiger partial charge in [-0.1, -0.05) is 17.7 Å². The van der Waals surface area contributed by atoms with E-state index in [4.69, 9.17) is 22.1 Å². The van der Waals surface area contributed by atoms with Crippen LogP contribution in [-0.2, 0) is 0 Å². The molecule has 1 aliphatic carbocycles. The van der Waals surface area contributed by atoms with Gasteiger partial charge in [-0.25, -0.2) is 0 Å². The van der Waals surface area contributed by atoms with E-state index in [-0.39, 0.29) is 0 Å². The summed E-state index contributed by atoms with van der Waals surface area (Å²) in [7, 11) is 1.63. The van der Waals surface area contributed by atoms with Crippen molar-refractivity contribution in [1.82, 2.24) is 0 Å². The van der Waals surface area contributed by atoms with Crippen molar-refractivity contribution in [3.63, 3.8) is 0 Å². The van der Waals surface area contributed by atoms with Crippen LogP contribution in [0.5, 0.6) is 5.75 Å². The minimum atomic E-state index is 0.614. The maximum atomic E-state index is 6.04. The molecule has 0 saturated heterocycles. The average molecular weight is 212 g/mol. The molecular weight excluding hydrogens is 198 g/mol. The van der Waals surface area contributed by atoms with Crippen LogP contribution in [0.15, 0.2) is 18.2 Å². The van der Waals surface area contributed by atoms with E-state index in [0.29, 0.717) is 16.9 Å². The minimum Gasteiger partial charge on any atom is -0.495 e. The number of rotatable bonds is 3. The molecule has 3 heteroatoms. The highest BCUT2D eigenvalue weighted by atomic mass is 35.5. The standard InChI is InChI=1S/C11H14ClNO/c1-14-11-3-2-7(5-10(11)12)9-4-8(9)6-13/h2-3,5,8-9H,4,6,13H2,1H3. The largest absolute Gasteiger partial charge is 0.495 e. The normalized spacial score (nSPS) is 24.8. The summed E-state index contributed by atoms with van der Waals surface area (Å²) in [5.41, 5.74) is 6.88. The lowest BCUT2D eigenvalue weighted by Gasteiger charge is -2.05. The van der Waals surface area contributed by atoms with Gasteiger partial charge in [0.15, 0.2) is 0 Å². The Morgan fingerprint density at radius 1 is 1.57 bits per heavy atom. The molecule has 2 N–H and O–H groups in total. The second kappa shape index (κ2) is 3.79. The maximum absolute atomic E-state index is 6.04. The first-order valence-corrected chi connectivity index (χ1v) is 5.17. The molecule has 1 aromatic rings. The highest BCUT2D eigenvalue weighted by Crippen LogP contribution is 2.47.